The first-order valence-electron chi connectivity index (χ1n) is 9.36. The van der Waals surface area contributed by atoms with Gasteiger partial charge in [-0.1, -0.05) is 55.8 Å². The number of hydrogen-bond acceptors (Lipinski definition) is 2. The van der Waals surface area contributed by atoms with E-state index in [1.165, 1.54) is 22.3 Å². The fraction of sp³-hybridized carbons (Fsp3) is 0.391. The summed E-state index contributed by atoms with van der Waals surface area (Å²) in [4.78, 5) is 0. The average molecular weight is 338 g/mol. The van der Waals surface area contributed by atoms with Crippen LogP contribution in [0, 0.1) is 6.92 Å². The van der Waals surface area contributed by atoms with Crippen molar-refractivity contribution in [2.45, 2.75) is 52.5 Å². The van der Waals surface area contributed by atoms with E-state index in [1.807, 2.05) is 12.1 Å². The van der Waals surface area contributed by atoms with E-state index in [0.717, 1.165) is 32.2 Å². The van der Waals surface area contributed by atoms with Crippen molar-refractivity contribution in [3.8, 4) is 5.75 Å². The molecule has 0 amide bonds. The lowest BCUT2D eigenvalue weighted by molar-refractivity contribution is 0.475. The Morgan fingerprint density at radius 2 is 1.92 bits per heavy atom. The van der Waals surface area contributed by atoms with E-state index < -0.39 is 0 Å². The Balaban J connectivity index is 1.95. The molecule has 2 nitrogen and oxygen atoms in total. The van der Waals surface area contributed by atoms with E-state index in [1.54, 1.807) is 6.07 Å². The van der Waals surface area contributed by atoms with Crippen LogP contribution in [0.3, 0.4) is 0 Å². The molecule has 2 heteroatoms. The first kappa shape index (κ1) is 19.3. The number of nitrogens with one attached hydrogen (secondary N) is 1. The molecule has 0 saturated carbocycles. The number of aryl methyl sites for hydroxylation is 1. The lowest BCUT2D eigenvalue weighted by Gasteiger charge is -2.16. The summed E-state index contributed by atoms with van der Waals surface area (Å²) in [6.45, 7) is 7.49. The minimum absolute atomic E-state index is 0.341. The SMILES string of the molecule is CCC/C=C(/CCNC(C)Cc1ccccc1)c1cc(O)ccc1C. The zero-order valence-electron chi connectivity index (χ0n) is 15.8. The molecule has 0 saturated heterocycles. The molecule has 0 heterocycles. The molecule has 0 aliphatic carbocycles. The summed E-state index contributed by atoms with van der Waals surface area (Å²) in [7, 11) is 0. The number of rotatable bonds is 9. The van der Waals surface area contributed by atoms with Gasteiger partial charge in [0.25, 0.3) is 0 Å². The molecule has 2 rings (SSSR count). The van der Waals surface area contributed by atoms with Crippen LogP contribution in [0.15, 0.2) is 54.6 Å². The normalized spacial score (nSPS) is 13.0. The second-order valence-electron chi connectivity index (χ2n) is 6.81. The highest BCUT2D eigenvalue weighted by Crippen LogP contribution is 2.26. The van der Waals surface area contributed by atoms with Crippen molar-refractivity contribution in [2.75, 3.05) is 6.54 Å². The molecule has 0 radical (unpaired) electrons. The first-order chi connectivity index (χ1) is 12.1. The van der Waals surface area contributed by atoms with Crippen LogP contribution >= 0.6 is 0 Å². The van der Waals surface area contributed by atoms with E-state index in [-0.39, 0.29) is 0 Å². The zero-order valence-corrected chi connectivity index (χ0v) is 15.8. The van der Waals surface area contributed by atoms with E-state index in [9.17, 15) is 5.11 Å². The van der Waals surface area contributed by atoms with Gasteiger partial charge in [0.05, 0.1) is 0 Å². The highest BCUT2D eigenvalue weighted by molar-refractivity contribution is 5.69. The molecule has 0 bridgehead atoms. The monoisotopic (exact) mass is 337 g/mol. The van der Waals surface area contributed by atoms with Crippen LogP contribution in [0.5, 0.6) is 5.75 Å². The Morgan fingerprint density at radius 1 is 1.16 bits per heavy atom. The van der Waals surface area contributed by atoms with Gasteiger partial charge >= 0.3 is 0 Å². The predicted molar refractivity (Wildman–Crippen MR) is 108 cm³/mol. The summed E-state index contributed by atoms with van der Waals surface area (Å²) in [5, 5.41) is 13.5. The third kappa shape index (κ3) is 6.39. The lowest BCUT2D eigenvalue weighted by atomic mass is 9.96. The molecule has 2 aromatic rings. The smallest absolute Gasteiger partial charge is 0.116 e. The van der Waals surface area contributed by atoms with Gasteiger partial charge in [0, 0.05) is 6.04 Å². The quantitative estimate of drug-likeness (QED) is 0.633. The van der Waals surface area contributed by atoms with Gasteiger partial charge in [0.15, 0.2) is 0 Å². The number of unbranched alkanes of at least 4 members (excludes halogenated alkanes) is 1. The summed E-state index contributed by atoms with van der Waals surface area (Å²) in [5.74, 6) is 0.341. The Bertz CT molecular complexity index is 676. The fourth-order valence-electron chi connectivity index (χ4n) is 3.11. The summed E-state index contributed by atoms with van der Waals surface area (Å²) < 4.78 is 0. The second kappa shape index (κ2) is 10.0. The first-order valence-corrected chi connectivity index (χ1v) is 9.36. The van der Waals surface area contributed by atoms with Crippen LogP contribution in [-0.2, 0) is 6.42 Å². The van der Waals surface area contributed by atoms with E-state index >= 15 is 0 Å². The standard InChI is InChI=1S/C23H31NO/c1-4-5-11-21(23-17-22(25)13-12-18(23)2)14-15-24-19(3)16-20-9-7-6-8-10-20/h6-13,17,19,24-25H,4-5,14-16H2,1-3H3/b21-11-. The molecule has 0 fully saturated rings. The van der Waals surface area contributed by atoms with Gasteiger partial charge in [0.2, 0.25) is 0 Å². The molecule has 0 aromatic heterocycles. The summed E-state index contributed by atoms with van der Waals surface area (Å²) in [5.41, 5.74) is 5.09. The van der Waals surface area contributed by atoms with Crippen molar-refractivity contribution in [1.29, 1.82) is 0 Å². The van der Waals surface area contributed by atoms with Gasteiger partial charge in [-0.15, -0.1) is 0 Å². The topological polar surface area (TPSA) is 32.3 Å². The Hall–Kier alpha value is -2.06. The van der Waals surface area contributed by atoms with Gasteiger partial charge in [0.1, 0.15) is 5.75 Å². The van der Waals surface area contributed by atoms with Crippen molar-refractivity contribution < 1.29 is 5.11 Å². The number of allylic oxidation sites excluding steroid dienone is 1. The number of phenols is 1. The summed E-state index contributed by atoms with van der Waals surface area (Å²) in [6, 6.07) is 16.7. The summed E-state index contributed by atoms with van der Waals surface area (Å²) >= 11 is 0. The molecule has 25 heavy (non-hydrogen) atoms. The highest BCUT2D eigenvalue weighted by Gasteiger charge is 2.08. The van der Waals surface area contributed by atoms with Gasteiger partial charge in [-0.25, -0.2) is 0 Å². The van der Waals surface area contributed by atoms with Crippen LogP contribution in [0.1, 0.15) is 49.8 Å². The van der Waals surface area contributed by atoms with Crippen molar-refractivity contribution in [3.05, 3.63) is 71.3 Å². The maximum absolute atomic E-state index is 9.85. The van der Waals surface area contributed by atoms with Crippen LogP contribution in [0.4, 0.5) is 0 Å². The maximum atomic E-state index is 9.85. The van der Waals surface area contributed by atoms with Crippen LogP contribution in [-0.4, -0.2) is 17.7 Å². The third-order valence-electron chi connectivity index (χ3n) is 4.52. The van der Waals surface area contributed by atoms with Crippen molar-refractivity contribution in [3.63, 3.8) is 0 Å². The van der Waals surface area contributed by atoms with Crippen molar-refractivity contribution in [2.24, 2.45) is 0 Å². The molecule has 0 aliphatic rings. The molecule has 134 valence electrons. The van der Waals surface area contributed by atoms with Gasteiger partial charge < -0.3 is 10.4 Å². The van der Waals surface area contributed by atoms with E-state index in [4.69, 9.17) is 0 Å². The average Bonchev–Trinajstić information content (AvgIpc) is 2.61. The Labute approximate surface area is 152 Å². The molecular formula is C23H31NO. The van der Waals surface area contributed by atoms with Crippen LogP contribution in [0.2, 0.25) is 0 Å². The van der Waals surface area contributed by atoms with Crippen LogP contribution in [0.25, 0.3) is 5.57 Å². The lowest BCUT2D eigenvalue weighted by Crippen LogP contribution is -2.29. The Morgan fingerprint density at radius 3 is 2.64 bits per heavy atom. The van der Waals surface area contributed by atoms with Gasteiger partial charge in [-0.3, -0.25) is 0 Å². The van der Waals surface area contributed by atoms with Crippen molar-refractivity contribution >= 4 is 5.57 Å². The number of benzene rings is 2. The largest absolute Gasteiger partial charge is 0.508 e. The fourth-order valence-corrected chi connectivity index (χ4v) is 3.11. The van der Waals surface area contributed by atoms with Gasteiger partial charge in [-0.05, 0) is 74.1 Å². The number of hydrogen-bond donors (Lipinski definition) is 2. The minimum atomic E-state index is 0.341. The van der Waals surface area contributed by atoms with E-state index in [0.29, 0.717) is 11.8 Å². The summed E-state index contributed by atoms with van der Waals surface area (Å²) in [6.07, 6.45) is 6.55. The molecule has 1 atom stereocenters. The van der Waals surface area contributed by atoms with E-state index in [2.05, 4.69) is 62.5 Å². The number of aromatic hydroxyl groups is 1. The molecule has 0 spiro atoms. The number of phenolic OH excluding ortho intramolecular Hbond substituents is 1. The molecular weight excluding hydrogens is 306 g/mol. The molecule has 2 aromatic carbocycles. The third-order valence-corrected chi connectivity index (χ3v) is 4.52. The van der Waals surface area contributed by atoms with Crippen LogP contribution < -0.4 is 5.32 Å². The predicted octanol–water partition coefficient (Wildman–Crippen LogP) is 5.50. The minimum Gasteiger partial charge on any atom is -0.508 e. The molecule has 2 N–H and O–H groups in total. The van der Waals surface area contributed by atoms with Crippen molar-refractivity contribution in [1.82, 2.24) is 5.32 Å². The van der Waals surface area contributed by atoms with Gasteiger partial charge in [-0.2, -0.15) is 0 Å². The molecule has 1 unspecified atom stereocenters. The Kier molecular flexibility index (Phi) is 7.75. The highest BCUT2D eigenvalue weighted by atomic mass is 16.3. The maximum Gasteiger partial charge on any atom is 0.116 e. The second-order valence-corrected chi connectivity index (χ2v) is 6.81. The molecule has 0 aliphatic heterocycles. The zero-order chi connectivity index (χ0) is 18.1.